The summed E-state index contributed by atoms with van der Waals surface area (Å²) in [6.07, 6.45) is 3.56. The lowest BCUT2D eigenvalue weighted by molar-refractivity contribution is 0.778. The molecule has 0 saturated heterocycles. The molecule has 0 radical (unpaired) electrons. The van der Waals surface area contributed by atoms with Gasteiger partial charge in [-0.3, -0.25) is 0 Å². The van der Waals surface area contributed by atoms with Crippen molar-refractivity contribution in [3.8, 4) is 10.6 Å². The van der Waals surface area contributed by atoms with Gasteiger partial charge in [0.1, 0.15) is 5.69 Å². The fraction of sp³-hybridized carbons (Fsp3) is 0.182. The molecule has 3 aromatic rings. The molecule has 16 heavy (non-hydrogen) atoms. The van der Waals surface area contributed by atoms with E-state index in [9.17, 15) is 0 Å². The third kappa shape index (κ3) is 1.40. The van der Waals surface area contributed by atoms with Crippen molar-refractivity contribution in [3.05, 3.63) is 30.0 Å². The summed E-state index contributed by atoms with van der Waals surface area (Å²) < 4.78 is 2.00. The van der Waals surface area contributed by atoms with Gasteiger partial charge in [0.15, 0.2) is 11.3 Å². The predicted molar refractivity (Wildman–Crippen MR) is 64.3 cm³/mol. The fourth-order valence-electron chi connectivity index (χ4n) is 1.61. The zero-order chi connectivity index (χ0) is 11.0. The van der Waals surface area contributed by atoms with Gasteiger partial charge < -0.3 is 4.57 Å². The van der Waals surface area contributed by atoms with Gasteiger partial charge >= 0.3 is 0 Å². The lowest BCUT2D eigenvalue weighted by Gasteiger charge is -1.99. The molecule has 0 spiro atoms. The number of nitrogens with zero attached hydrogens (tertiary/aromatic N) is 4. The number of thiophene rings is 1. The van der Waals surface area contributed by atoms with Crippen molar-refractivity contribution in [2.45, 2.75) is 13.5 Å². The molecule has 0 aliphatic carbocycles. The molecule has 5 heteroatoms. The molecule has 0 aliphatic rings. The highest BCUT2D eigenvalue weighted by molar-refractivity contribution is 7.13. The molecule has 3 aromatic heterocycles. The van der Waals surface area contributed by atoms with Crippen LogP contribution in [0.5, 0.6) is 0 Å². The lowest BCUT2D eigenvalue weighted by atomic mass is 10.3. The molecule has 80 valence electrons. The highest BCUT2D eigenvalue weighted by Crippen LogP contribution is 2.23. The van der Waals surface area contributed by atoms with Gasteiger partial charge in [-0.15, -0.1) is 11.3 Å². The van der Waals surface area contributed by atoms with E-state index in [0.29, 0.717) is 5.65 Å². The van der Waals surface area contributed by atoms with Crippen molar-refractivity contribution in [1.29, 1.82) is 0 Å². The number of hydrogen-bond donors (Lipinski definition) is 0. The maximum absolute atomic E-state index is 4.60. The molecule has 0 aromatic carbocycles. The van der Waals surface area contributed by atoms with Crippen molar-refractivity contribution < 1.29 is 0 Å². The van der Waals surface area contributed by atoms with Gasteiger partial charge in [-0.1, -0.05) is 6.07 Å². The van der Waals surface area contributed by atoms with Crippen LogP contribution < -0.4 is 0 Å². The van der Waals surface area contributed by atoms with Gasteiger partial charge in [0.2, 0.25) is 0 Å². The smallest absolute Gasteiger partial charge is 0.197 e. The Kier molecular flexibility index (Phi) is 2.18. The zero-order valence-corrected chi connectivity index (χ0v) is 9.61. The molecule has 0 amide bonds. The molecule has 0 bridgehead atoms. The highest BCUT2D eigenvalue weighted by atomic mass is 32.1. The number of aryl methyl sites for hydroxylation is 1. The van der Waals surface area contributed by atoms with E-state index in [1.807, 2.05) is 22.1 Å². The molecule has 0 fully saturated rings. The van der Waals surface area contributed by atoms with Gasteiger partial charge in [0, 0.05) is 6.54 Å². The van der Waals surface area contributed by atoms with Crippen molar-refractivity contribution in [2.75, 3.05) is 0 Å². The minimum atomic E-state index is 0.710. The summed E-state index contributed by atoms with van der Waals surface area (Å²) in [7, 11) is 0. The minimum absolute atomic E-state index is 0.710. The van der Waals surface area contributed by atoms with Crippen LogP contribution in [0.15, 0.2) is 30.0 Å². The van der Waals surface area contributed by atoms with E-state index < -0.39 is 0 Å². The van der Waals surface area contributed by atoms with Crippen LogP contribution in [0, 0.1) is 0 Å². The first-order valence-electron chi connectivity index (χ1n) is 5.10. The third-order valence-corrected chi connectivity index (χ3v) is 3.33. The molecule has 0 atom stereocenters. The summed E-state index contributed by atoms with van der Waals surface area (Å²) in [5.74, 6) is 0. The Hall–Kier alpha value is -1.75. The van der Waals surface area contributed by atoms with Gasteiger partial charge in [0.05, 0.1) is 17.4 Å². The third-order valence-electron chi connectivity index (χ3n) is 2.44. The molecule has 0 unspecified atom stereocenters. The zero-order valence-electron chi connectivity index (χ0n) is 8.79. The first-order chi connectivity index (χ1) is 7.88. The average Bonchev–Trinajstić information content (AvgIpc) is 2.97. The summed E-state index contributed by atoms with van der Waals surface area (Å²) in [6, 6.07) is 4.07. The first kappa shape index (κ1) is 9.47. The van der Waals surface area contributed by atoms with Crippen molar-refractivity contribution in [3.63, 3.8) is 0 Å². The number of aromatic nitrogens is 4. The molecule has 3 heterocycles. The average molecular weight is 230 g/mol. The van der Waals surface area contributed by atoms with Crippen LogP contribution >= 0.6 is 11.3 Å². The predicted octanol–water partition coefficient (Wildman–Crippen LogP) is 2.57. The quantitative estimate of drug-likeness (QED) is 0.679. The lowest BCUT2D eigenvalue weighted by Crippen LogP contribution is -1.95. The second-order valence-electron chi connectivity index (χ2n) is 3.41. The van der Waals surface area contributed by atoms with Gasteiger partial charge in [-0.2, -0.15) is 0 Å². The summed E-state index contributed by atoms with van der Waals surface area (Å²) >= 11 is 1.67. The molecular formula is C11H10N4S. The normalized spacial score (nSPS) is 11.1. The van der Waals surface area contributed by atoms with Crippen molar-refractivity contribution in [2.24, 2.45) is 0 Å². The number of imidazole rings is 1. The van der Waals surface area contributed by atoms with E-state index in [1.54, 1.807) is 23.9 Å². The summed E-state index contributed by atoms with van der Waals surface area (Å²) in [5, 5.41) is 2.04. The molecule has 0 saturated carbocycles. The summed E-state index contributed by atoms with van der Waals surface area (Å²) in [4.78, 5) is 14.3. The molecule has 0 N–H and O–H groups in total. The maximum atomic E-state index is 4.60. The Bertz CT molecular complexity index is 612. The summed E-state index contributed by atoms with van der Waals surface area (Å²) in [5.41, 5.74) is 2.48. The van der Waals surface area contributed by atoms with E-state index >= 15 is 0 Å². The number of hydrogen-bond acceptors (Lipinski definition) is 4. The van der Waals surface area contributed by atoms with E-state index in [-0.39, 0.29) is 0 Å². The Labute approximate surface area is 96.6 Å². The highest BCUT2D eigenvalue weighted by Gasteiger charge is 2.07. The van der Waals surface area contributed by atoms with Crippen molar-refractivity contribution in [1.82, 2.24) is 19.5 Å². The molecule has 3 rings (SSSR count). The minimum Gasteiger partial charge on any atom is -0.314 e. The molecule has 4 nitrogen and oxygen atoms in total. The van der Waals surface area contributed by atoms with E-state index in [4.69, 9.17) is 0 Å². The largest absolute Gasteiger partial charge is 0.314 e. The Morgan fingerprint density at radius 3 is 3.06 bits per heavy atom. The van der Waals surface area contributed by atoms with Crippen LogP contribution in [0.4, 0.5) is 0 Å². The van der Waals surface area contributed by atoms with E-state index in [0.717, 1.165) is 22.8 Å². The Morgan fingerprint density at radius 1 is 1.38 bits per heavy atom. The monoisotopic (exact) mass is 230 g/mol. The van der Waals surface area contributed by atoms with Gasteiger partial charge in [0.25, 0.3) is 0 Å². The Morgan fingerprint density at radius 2 is 2.31 bits per heavy atom. The molecule has 0 aliphatic heterocycles. The number of fused-ring (bicyclic) bond motifs is 1. The second kappa shape index (κ2) is 3.68. The van der Waals surface area contributed by atoms with Crippen molar-refractivity contribution >= 4 is 22.6 Å². The standard InChI is InChI=1S/C11H10N4S/c1-2-15-7-13-10-11(15)14-8(6-12-10)9-4-3-5-16-9/h3-7H,2H2,1H3. The maximum Gasteiger partial charge on any atom is 0.197 e. The SMILES string of the molecule is CCn1cnc2ncc(-c3cccs3)nc21. The number of rotatable bonds is 2. The first-order valence-corrected chi connectivity index (χ1v) is 5.98. The topological polar surface area (TPSA) is 43.6 Å². The van der Waals surface area contributed by atoms with Crippen LogP contribution in [-0.2, 0) is 6.54 Å². The van der Waals surface area contributed by atoms with E-state index in [2.05, 4.69) is 21.9 Å². The molecular weight excluding hydrogens is 220 g/mol. The van der Waals surface area contributed by atoms with Gasteiger partial charge in [-0.05, 0) is 18.4 Å². The van der Waals surface area contributed by atoms with Crippen LogP contribution in [0.2, 0.25) is 0 Å². The Balaban J connectivity index is 2.21. The van der Waals surface area contributed by atoms with E-state index in [1.165, 1.54) is 0 Å². The second-order valence-corrected chi connectivity index (χ2v) is 4.36. The van der Waals surface area contributed by atoms with Gasteiger partial charge in [-0.25, -0.2) is 15.0 Å². The van der Waals surface area contributed by atoms with Crippen LogP contribution in [0.3, 0.4) is 0 Å². The van der Waals surface area contributed by atoms with Crippen LogP contribution in [0.1, 0.15) is 6.92 Å². The fourth-order valence-corrected chi connectivity index (χ4v) is 2.29. The summed E-state index contributed by atoms with van der Waals surface area (Å²) in [6.45, 7) is 2.93. The van der Waals surface area contributed by atoms with Crippen LogP contribution in [-0.4, -0.2) is 19.5 Å². The van der Waals surface area contributed by atoms with Crippen LogP contribution in [0.25, 0.3) is 21.9 Å².